The molecule has 0 radical (unpaired) electrons. The van der Waals surface area contributed by atoms with Crippen molar-refractivity contribution in [1.82, 2.24) is 14.9 Å². The molecule has 5 rings (SSSR count). The molecule has 170 valence electrons. The first-order chi connectivity index (χ1) is 16.0. The summed E-state index contributed by atoms with van der Waals surface area (Å²) >= 11 is 1.05. The Hall–Kier alpha value is -3.49. The first-order valence-corrected chi connectivity index (χ1v) is 12.4. The highest BCUT2D eigenvalue weighted by molar-refractivity contribution is 7.94. The summed E-state index contributed by atoms with van der Waals surface area (Å²) in [7, 11) is -1.08. The van der Waals surface area contributed by atoms with Gasteiger partial charge in [-0.3, -0.25) is 9.40 Å². The van der Waals surface area contributed by atoms with Gasteiger partial charge < -0.3 is 14.0 Å². The van der Waals surface area contributed by atoms with Crippen LogP contribution in [0.5, 0.6) is 11.5 Å². The van der Waals surface area contributed by atoms with E-state index in [0.717, 1.165) is 29.7 Å². The van der Waals surface area contributed by atoms with Crippen molar-refractivity contribution in [2.45, 2.75) is 23.6 Å². The molecule has 1 aromatic carbocycles. The topological polar surface area (TPSA) is 108 Å². The number of ether oxygens (including phenoxy) is 2. The number of fused-ring (bicyclic) bond motifs is 1. The minimum Gasteiger partial charge on any atom is -0.496 e. The van der Waals surface area contributed by atoms with Crippen LogP contribution in [0.1, 0.15) is 23.3 Å². The molecule has 1 aliphatic rings. The molecule has 11 heteroatoms. The van der Waals surface area contributed by atoms with Crippen molar-refractivity contribution in [1.29, 1.82) is 0 Å². The molecule has 0 saturated heterocycles. The van der Waals surface area contributed by atoms with Crippen molar-refractivity contribution in [3.8, 4) is 23.3 Å². The van der Waals surface area contributed by atoms with Crippen LogP contribution < -0.4 is 14.2 Å². The summed E-state index contributed by atoms with van der Waals surface area (Å²) in [6, 6.07) is 7.05. The van der Waals surface area contributed by atoms with Crippen molar-refractivity contribution in [2.75, 3.05) is 18.9 Å². The van der Waals surface area contributed by atoms with Gasteiger partial charge in [-0.2, -0.15) is 5.10 Å². The number of rotatable bonds is 7. The van der Waals surface area contributed by atoms with Crippen LogP contribution in [0.15, 0.2) is 45.4 Å². The highest BCUT2D eigenvalue weighted by Gasteiger charge is 2.27. The molecule has 0 bridgehead atoms. The maximum atomic E-state index is 13.2. The maximum absolute atomic E-state index is 13.2. The van der Waals surface area contributed by atoms with Gasteiger partial charge in [0, 0.05) is 24.4 Å². The van der Waals surface area contributed by atoms with Crippen LogP contribution in [-0.4, -0.2) is 37.6 Å². The number of sulfonamides is 1. The molecule has 0 aliphatic heterocycles. The number of nitrogens with one attached hydrogen (secondary N) is 1. The number of nitrogens with zero attached hydrogens (tertiary/aromatic N) is 3. The fourth-order valence-electron chi connectivity index (χ4n) is 3.32. The largest absolute Gasteiger partial charge is 0.496 e. The summed E-state index contributed by atoms with van der Waals surface area (Å²) < 4.78 is 46.9. The molecular weight excluding hydrogens is 464 g/mol. The van der Waals surface area contributed by atoms with Crippen LogP contribution in [0.3, 0.4) is 0 Å². The van der Waals surface area contributed by atoms with Crippen LogP contribution in [0.4, 0.5) is 5.82 Å². The summed E-state index contributed by atoms with van der Waals surface area (Å²) in [5, 5.41) is 8.57. The van der Waals surface area contributed by atoms with E-state index in [1.54, 1.807) is 29.1 Å². The lowest BCUT2D eigenvalue weighted by Gasteiger charge is -2.08. The van der Waals surface area contributed by atoms with Gasteiger partial charge >= 0.3 is 0 Å². The third-order valence-electron chi connectivity index (χ3n) is 5.06. The minimum atomic E-state index is -4.01. The fourth-order valence-corrected chi connectivity index (χ4v) is 5.76. The van der Waals surface area contributed by atoms with E-state index in [4.69, 9.17) is 14.0 Å². The van der Waals surface area contributed by atoms with Gasteiger partial charge in [-0.25, -0.2) is 8.42 Å². The lowest BCUT2D eigenvalue weighted by atomic mass is 10.1. The molecule has 9 nitrogen and oxygen atoms in total. The van der Waals surface area contributed by atoms with Gasteiger partial charge in [0.1, 0.15) is 11.1 Å². The number of methoxy groups -OCH3 is 2. The maximum Gasteiger partial charge on any atom is 0.276 e. The van der Waals surface area contributed by atoms with E-state index < -0.39 is 10.0 Å². The summed E-state index contributed by atoms with van der Waals surface area (Å²) in [5.41, 5.74) is 1.26. The Morgan fingerprint density at radius 2 is 2.06 bits per heavy atom. The van der Waals surface area contributed by atoms with E-state index in [9.17, 15) is 8.42 Å². The van der Waals surface area contributed by atoms with Gasteiger partial charge in [0.2, 0.25) is 0 Å². The lowest BCUT2D eigenvalue weighted by molar-refractivity contribution is 0.406. The van der Waals surface area contributed by atoms with Crippen molar-refractivity contribution < 1.29 is 22.4 Å². The molecule has 0 amide bonds. The molecule has 3 heterocycles. The Morgan fingerprint density at radius 1 is 1.24 bits per heavy atom. The van der Waals surface area contributed by atoms with Gasteiger partial charge in [0.15, 0.2) is 21.4 Å². The normalized spacial score (nSPS) is 13.5. The molecule has 1 saturated carbocycles. The monoisotopic (exact) mass is 484 g/mol. The minimum absolute atomic E-state index is 0.0236. The van der Waals surface area contributed by atoms with E-state index >= 15 is 0 Å². The average Bonchev–Trinajstić information content (AvgIpc) is 3.15. The van der Waals surface area contributed by atoms with Crippen molar-refractivity contribution in [3.05, 3.63) is 47.1 Å². The van der Waals surface area contributed by atoms with Crippen LogP contribution in [-0.2, 0) is 16.6 Å². The molecule has 3 aromatic heterocycles. The zero-order valence-corrected chi connectivity index (χ0v) is 19.5. The summed E-state index contributed by atoms with van der Waals surface area (Å²) in [5.74, 6) is 7.28. The molecule has 0 unspecified atom stereocenters. The average molecular weight is 485 g/mol. The standard InChI is InChI=1S/C22H20N4O5S2/c1-29-17-10-15(13-26-9-3-8-23-26)11-18-20(17)21(24-31-18)25-33(27,28)22-19(30-2)12-16(32-22)7-6-14-4-5-14/h3,8-12,14H,4-5,13H2,1-2H3,(H,24,25). The first kappa shape index (κ1) is 21.4. The quantitative estimate of drug-likeness (QED) is 0.398. The smallest absolute Gasteiger partial charge is 0.276 e. The Morgan fingerprint density at radius 3 is 2.76 bits per heavy atom. The molecule has 4 aromatic rings. The molecule has 1 fully saturated rings. The highest BCUT2D eigenvalue weighted by atomic mass is 32.2. The Bertz CT molecular complexity index is 1470. The third kappa shape index (κ3) is 4.40. The molecule has 0 atom stereocenters. The van der Waals surface area contributed by atoms with Crippen LogP contribution in [0.2, 0.25) is 0 Å². The molecular formula is C22H20N4O5S2. The summed E-state index contributed by atoms with van der Waals surface area (Å²) in [4.78, 5) is 0.630. The highest BCUT2D eigenvalue weighted by Crippen LogP contribution is 2.38. The molecule has 1 aliphatic carbocycles. The van der Waals surface area contributed by atoms with E-state index in [1.165, 1.54) is 14.2 Å². The predicted molar refractivity (Wildman–Crippen MR) is 123 cm³/mol. The van der Waals surface area contributed by atoms with Crippen LogP contribution >= 0.6 is 11.3 Å². The molecule has 33 heavy (non-hydrogen) atoms. The predicted octanol–water partition coefficient (Wildman–Crippen LogP) is 3.71. The second kappa shape index (κ2) is 8.46. The zero-order valence-electron chi connectivity index (χ0n) is 17.9. The van der Waals surface area contributed by atoms with E-state index in [0.29, 0.717) is 34.1 Å². The van der Waals surface area contributed by atoms with Crippen LogP contribution in [0, 0.1) is 17.8 Å². The van der Waals surface area contributed by atoms with Gasteiger partial charge in [-0.05, 0) is 36.6 Å². The van der Waals surface area contributed by atoms with Gasteiger partial charge in [-0.1, -0.05) is 17.0 Å². The zero-order chi connectivity index (χ0) is 23.0. The van der Waals surface area contributed by atoms with Crippen molar-refractivity contribution in [2.24, 2.45) is 5.92 Å². The van der Waals surface area contributed by atoms with Crippen LogP contribution in [0.25, 0.3) is 11.0 Å². The number of anilines is 1. The van der Waals surface area contributed by atoms with E-state index in [2.05, 4.69) is 26.8 Å². The van der Waals surface area contributed by atoms with Crippen molar-refractivity contribution >= 4 is 38.1 Å². The summed E-state index contributed by atoms with van der Waals surface area (Å²) in [6.07, 6.45) is 5.72. The van der Waals surface area contributed by atoms with Crippen molar-refractivity contribution in [3.63, 3.8) is 0 Å². The number of benzene rings is 1. The molecule has 1 N–H and O–H groups in total. The second-order valence-corrected chi connectivity index (χ2v) is 10.5. The Balaban J connectivity index is 1.48. The molecule has 0 spiro atoms. The number of thiophene rings is 1. The van der Waals surface area contributed by atoms with E-state index in [1.807, 2.05) is 12.3 Å². The van der Waals surface area contributed by atoms with E-state index in [-0.39, 0.29) is 15.8 Å². The third-order valence-corrected chi connectivity index (χ3v) is 7.95. The fraction of sp³-hybridized carbons (Fsp3) is 0.273. The lowest BCUT2D eigenvalue weighted by Crippen LogP contribution is -2.13. The van der Waals surface area contributed by atoms with Gasteiger partial charge in [0.25, 0.3) is 10.0 Å². The number of hydrogen-bond donors (Lipinski definition) is 1. The van der Waals surface area contributed by atoms with Gasteiger partial charge in [0.05, 0.1) is 25.6 Å². The SMILES string of the molecule is COc1cc(C#CC2CC2)sc1S(=O)(=O)Nc1noc2cc(Cn3cccn3)cc(OC)c12. The Labute approximate surface area is 194 Å². The number of aromatic nitrogens is 3. The second-order valence-electron chi connectivity index (χ2n) is 7.52. The summed E-state index contributed by atoms with van der Waals surface area (Å²) in [6.45, 7) is 0.498. The number of hydrogen-bond acceptors (Lipinski definition) is 8. The first-order valence-electron chi connectivity index (χ1n) is 10.1. The Kier molecular flexibility index (Phi) is 5.47. The van der Waals surface area contributed by atoms with Gasteiger partial charge in [-0.15, -0.1) is 11.3 Å².